The number of aliphatic imine (C=N–C) groups is 1. The Morgan fingerprint density at radius 3 is 2.46 bits per heavy atom. The largest absolute Gasteiger partial charge is 0.497 e. The van der Waals surface area contributed by atoms with Gasteiger partial charge in [-0.25, -0.2) is 4.99 Å². The molecule has 7 heteroatoms. The summed E-state index contributed by atoms with van der Waals surface area (Å²) in [6.45, 7) is 4.89. The zero-order valence-corrected chi connectivity index (χ0v) is 17.0. The van der Waals surface area contributed by atoms with Crippen LogP contribution < -0.4 is 14.8 Å². The molecule has 0 aliphatic carbocycles. The van der Waals surface area contributed by atoms with E-state index in [1.807, 2.05) is 30.1 Å². The first-order valence-corrected chi connectivity index (χ1v) is 8.75. The highest BCUT2D eigenvalue weighted by atomic mass is 16.5. The standard InChI is InChI=1S/C19H32N4O3/c1-8-14(2)21-19(20-12-18(24)22(3)4)23(5)13-15-9-10-16(25-6)11-17(15)26-7/h9-11,14H,8,12-13H2,1-7H3,(H,20,21). The van der Waals surface area contributed by atoms with Crippen LogP contribution in [0, 0.1) is 0 Å². The fourth-order valence-corrected chi connectivity index (χ4v) is 2.20. The van der Waals surface area contributed by atoms with Crippen LogP contribution in [0.25, 0.3) is 0 Å². The third-order valence-electron chi connectivity index (χ3n) is 4.11. The molecule has 0 saturated heterocycles. The number of amides is 1. The van der Waals surface area contributed by atoms with E-state index in [-0.39, 0.29) is 18.5 Å². The van der Waals surface area contributed by atoms with Crippen molar-refractivity contribution in [2.75, 3.05) is 41.9 Å². The molecule has 0 bridgehead atoms. The van der Waals surface area contributed by atoms with Crippen molar-refractivity contribution in [1.29, 1.82) is 0 Å². The maximum absolute atomic E-state index is 11.9. The molecule has 1 atom stereocenters. The second kappa shape index (κ2) is 10.5. The van der Waals surface area contributed by atoms with Gasteiger partial charge >= 0.3 is 0 Å². The molecule has 0 saturated carbocycles. The second-order valence-electron chi connectivity index (χ2n) is 6.42. The van der Waals surface area contributed by atoms with Crippen LogP contribution in [0.1, 0.15) is 25.8 Å². The third-order valence-corrected chi connectivity index (χ3v) is 4.11. The summed E-state index contributed by atoms with van der Waals surface area (Å²) in [4.78, 5) is 19.9. The average Bonchev–Trinajstić information content (AvgIpc) is 2.64. The SMILES string of the molecule is CCC(C)NC(=NCC(=O)N(C)C)N(C)Cc1ccc(OC)cc1OC. The van der Waals surface area contributed by atoms with Crippen molar-refractivity contribution < 1.29 is 14.3 Å². The van der Waals surface area contributed by atoms with Crippen LogP contribution in [-0.4, -0.2) is 69.6 Å². The lowest BCUT2D eigenvalue weighted by molar-refractivity contribution is -0.127. The van der Waals surface area contributed by atoms with E-state index in [9.17, 15) is 4.79 Å². The van der Waals surface area contributed by atoms with Gasteiger partial charge in [0.2, 0.25) is 5.91 Å². The van der Waals surface area contributed by atoms with Crippen molar-refractivity contribution in [3.63, 3.8) is 0 Å². The number of hydrogen-bond donors (Lipinski definition) is 1. The molecule has 1 rings (SSSR count). The van der Waals surface area contributed by atoms with E-state index in [4.69, 9.17) is 9.47 Å². The Kier molecular flexibility index (Phi) is 8.75. The predicted molar refractivity (Wildman–Crippen MR) is 105 cm³/mol. The summed E-state index contributed by atoms with van der Waals surface area (Å²) in [6.07, 6.45) is 0.959. The van der Waals surface area contributed by atoms with Gasteiger partial charge in [-0.05, 0) is 25.5 Å². The van der Waals surface area contributed by atoms with Crippen molar-refractivity contribution in [3.8, 4) is 11.5 Å². The fraction of sp³-hybridized carbons (Fsp3) is 0.579. The summed E-state index contributed by atoms with van der Waals surface area (Å²) in [5.41, 5.74) is 1.01. The summed E-state index contributed by atoms with van der Waals surface area (Å²) < 4.78 is 10.7. The summed E-state index contributed by atoms with van der Waals surface area (Å²) in [6, 6.07) is 5.99. The molecule has 1 aromatic rings. The molecule has 0 heterocycles. The maximum Gasteiger partial charge on any atom is 0.243 e. The highest BCUT2D eigenvalue weighted by molar-refractivity contribution is 5.84. The van der Waals surface area contributed by atoms with Crippen LogP contribution in [0.4, 0.5) is 0 Å². The lowest BCUT2D eigenvalue weighted by Gasteiger charge is -2.26. The molecule has 0 radical (unpaired) electrons. The molecule has 0 fully saturated rings. The van der Waals surface area contributed by atoms with Crippen LogP contribution in [0.15, 0.2) is 23.2 Å². The van der Waals surface area contributed by atoms with Crippen molar-refractivity contribution in [3.05, 3.63) is 23.8 Å². The van der Waals surface area contributed by atoms with E-state index in [1.165, 1.54) is 4.90 Å². The number of nitrogens with zero attached hydrogens (tertiary/aromatic N) is 3. The molecule has 1 N–H and O–H groups in total. The third kappa shape index (κ3) is 6.46. The van der Waals surface area contributed by atoms with Gasteiger partial charge in [0.25, 0.3) is 0 Å². The van der Waals surface area contributed by atoms with E-state index in [0.717, 1.165) is 23.5 Å². The van der Waals surface area contributed by atoms with Crippen LogP contribution >= 0.6 is 0 Å². The predicted octanol–water partition coefficient (Wildman–Crippen LogP) is 1.97. The average molecular weight is 364 g/mol. The van der Waals surface area contributed by atoms with Gasteiger partial charge in [0.15, 0.2) is 5.96 Å². The van der Waals surface area contributed by atoms with Gasteiger partial charge in [-0.2, -0.15) is 0 Å². The first-order valence-electron chi connectivity index (χ1n) is 8.75. The lowest BCUT2D eigenvalue weighted by atomic mass is 10.2. The summed E-state index contributed by atoms with van der Waals surface area (Å²) >= 11 is 0. The molecule has 1 aromatic carbocycles. The molecule has 1 unspecified atom stereocenters. The minimum absolute atomic E-state index is 0.0381. The monoisotopic (exact) mass is 364 g/mol. The zero-order valence-electron chi connectivity index (χ0n) is 17.0. The Labute approximate surface area is 157 Å². The highest BCUT2D eigenvalue weighted by Gasteiger charge is 2.14. The molecule has 0 aromatic heterocycles. The van der Waals surface area contributed by atoms with E-state index in [2.05, 4.69) is 24.2 Å². The molecule has 0 spiro atoms. The number of carbonyl (C=O) groups is 1. The van der Waals surface area contributed by atoms with Gasteiger partial charge in [0.1, 0.15) is 18.0 Å². The number of guanidine groups is 1. The Morgan fingerprint density at radius 1 is 1.23 bits per heavy atom. The van der Waals surface area contributed by atoms with Crippen molar-refractivity contribution in [2.24, 2.45) is 4.99 Å². The summed E-state index contributed by atoms with van der Waals surface area (Å²) in [5.74, 6) is 2.15. The van der Waals surface area contributed by atoms with Crippen LogP contribution in [-0.2, 0) is 11.3 Å². The van der Waals surface area contributed by atoms with Crippen LogP contribution in [0.2, 0.25) is 0 Å². The van der Waals surface area contributed by atoms with Gasteiger partial charge in [-0.15, -0.1) is 0 Å². The van der Waals surface area contributed by atoms with Gasteiger partial charge in [-0.3, -0.25) is 4.79 Å². The van der Waals surface area contributed by atoms with Gasteiger partial charge in [0, 0.05) is 45.4 Å². The number of likely N-dealkylation sites (N-methyl/N-ethyl adjacent to an activating group) is 1. The van der Waals surface area contributed by atoms with Crippen LogP contribution in [0.5, 0.6) is 11.5 Å². The van der Waals surface area contributed by atoms with Crippen molar-refractivity contribution >= 4 is 11.9 Å². The summed E-state index contributed by atoms with van der Waals surface area (Å²) in [7, 11) is 8.67. The Morgan fingerprint density at radius 2 is 1.92 bits per heavy atom. The highest BCUT2D eigenvalue weighted by Crippen LogP contribution is 2.25. The molecular weight excluding hydrogens is 332 g/mol. The Bertz CT molecular complexity index is 617. The number of nitrogens with one attached hydrogen (secondary N) is 1. The van der Waals surface area contributed by atoms with Gasteiger partial charge in [-0.1, -0.05) is 6.92 Å². The van der Waals surface area contributed by atoms with Gasteiger partial charge in [0.05, 0.1) is 14.2 Å². The quantitative estimate of drug-likeness (QED) is 0.564. The molecular formula is C19H32N4O3. The number of rotatable bonds is 8. The minimum atomic E-state index is -0.0381. The maximum atomic E-state index is 11.9. The number of ether oxygens (including phenoxy) is 2. The number of carbonyl (C=O) groups excluding carboxylic acids is 1. The van der Waals surface area contributed by atoms with Crippen LogP contribution in [0.3, 0.4) is 0 Å². The van der Waals surface area contributed by atoms with E-state index < -0.39 is 0 Å². The van der Waals surface area contributed by atoms with Crippen molar-refractivity contribution in [2.45, 2.75) is 32.9 Å². The number of hydrogen-bond acceptors (Lipinski definition) is 4. The summed E-state index contributed by atoms with van der Waals surface area (Å²) in [5, 5.41) is 3.38. The minimum Gasteiger partial charge on any atom is -0.497 e. The topological polar surface area (TPSA) is 66.4 Å². The Hall–Kier alpha value is -2.44. The molecule has 0 aliphatic rings. The Balaban J connectivity index is 2.99. The fourth-order valence-electron chi connectivity index (χ4n) is 2.20. The normalized spacial score (nSPS) is 12.3. The van der Waals surface area contributed by atoms with E-state index in [0.29, 0.717) is 12.5 Å². The molecule has 7 nitrogen and oxygen atoms in total. The number of methoxy groups -OCH3 is 2. The first kappa shape index (κ1) is 21.6. The lowest BCUT2D eigenvalue weighted by Crippen LogP contribution is -2.43. The molecule has 146 valence electrons. The van der Waals surface area contributed by atoms with E-state index in [1.54, 1.807) is 28.3 Å². The smallest absolute Gasteiger partial charge is 0.243 e. The number of benzene rings is 1. The molecule has 1 amide bonds. The second-order valence-corrected chi connectivity index (χ2v) is 6.42. The molecule has 26 heavy (non-hydrogen) atoms. The van der Waals surface area contributed by atoms with Gasteiger partial charge < -0.3 is 24.6 Å². The molecule has 0 aliphatic heterocycles. The first-order chi connectivity index (χ1) is 12.3. The van der Waals surface area contributed by atoms with Crippen molar-refractivity contribution in [1.82, 2.24) is 15.1 Å². The zero-order chi connectivity index (χ0) is 19.7. The van der Waals surface area contributed by atoms with E-state index >= 15 is 0 Å².